The molecule has 0 spiro atoms. The lowest BCUT2D eigenvalue weighted by molar-refractivity contribution is -0.108. The third-order valence-electron chi connectivity index (χ3n) is 3.30. The molecule has 1 aliphatic rings. The molecule has 0 saturated carbocycles. The van der Waals surface area contributed by atoms with Crippen LogP contribution >= 0.6 is 0 Å². The summed E-state index contributed by atoms with van der Waals surface area (Å²) in [5, 5.41) is 19.1. The van der Waals surface area contributed by atoms with Gasteiger partial charge in [0.25, 0.3) is 5.91 Å². The van der Waals surface area contributed by atoms with Gasteiger partial charge >= 0.3 is 0 Å². The fourth-order valence-corrected chi connectivity index (χ4v) is 2.21. The Morgan fingerprint density at radius 3 is 2.42 bits per heavy atom. The summed E-state index contributed by atoms with van der Waals surface area (Å²) in [6.45, 7) is -0.401. The molecule has 2 rings (SSSR count). The first-order chi connectivity index (χ1) is 9.00. The van der Waals surface area contributed by atoms with Gasteiger partial charge in [0.1, 0.15) is 0 Å². The Hall–Kier alpha value is -1.53. The van der Waals surface area contributed by atoms with E-state index >= 15 is 0 Å². The lowest BCUT2D eigenvalue weighted by atomic mass is 9.92. The van der Waals surface area contributed by atoms with Gasteiger partial charge in [-0.25, -0.2) is 8.78 Å². The lowest BCUT2D eigenvalue weighted by Gasteiger charge is -2.38. The predicted octanol–water partition coefficient (Wildman–Crippen LogP) is 0.746. The normalized spacial score (nSPS) is 27.6. The van der Waals surface area contributed by atoms with Crippen molar-refractivity contribution in [3.63, 3.8) is 0 Å². The Kier molecular flexibility index (Phi) is 4.11. The minimum absolute atomic E-state index is 0.141. The number of aliphatic hydroxyl groups is 2. The molecule has 1 saturated heterocycles. The van der Waals surface area contributed by atoms with Crippen molar-refractivity contribution in [3.05, 3.63) is 35.9 Å². The lowest BCUT2D eigenvalue weighted by Crippen LogP contribution is -2.56. The Morgan fingerprint density at radius 1 is 1.21 bits per heavy atom. The van der Waals surface area contributed by atoms with E-state index in [0.29, 0.717) is 5.56 Å². The van der Waals surface area contributed by atoms with Crippen molar-refractivity contribution in [3.8, 4) is 0 Å². The number of hydrogen-bond donors (Lipinski definition) is 2. The molecular formula is C13H15F2NO3. The zero-order valence-corrected chi connectivity index (χ0v) is 10.1. The molecule has 3 atom stereocenters. The molecule has 2 N–H and O–H groups in total. The van der Waals surface area contributed by atoms with Crippen molar-refractivity contribution in [2.45, 2.75) is 18.6 Å². The number of amides is 1. The van der Waals surface area contributed by atoms with Gasteiger partial charge in [-0.05, 0) is 12.1 Å². The van der Waals surface area contributed by atoms with Crippen LogP contribution in [0.2, 0.25) is 0 Å². The summed E-state index contributed by atoms with van der Waals surface area (Å²) in [5.74, 6) is -1.84. The summed E-state index contributed by atoms with van der Waals surface area (Å²) in [6, 6.07) is 8.25. The van der Waals surface area contributed by atoms with Crippen molar-refractivity contribution < 1.29 is 23.8 Å². The maximum absolute atomic E-state index is 12.8. The number of carbonyl (C=O) groups excluding carboxylic acids is 1. The Bertz CT molecular complexity index is 441. The van der Waals surface area contributed by atoms with Gasteiger partial charge in [-0.2, -0.15) is 0 Å². The highest BCUT2D eigenvalue weighted by Crippen LogP contribution is 2.24. The van der Waals surface area contributed by atoms with Crippen LogP contribution in [0, 0.1) is 5.92 Å². The molecule has 6 heteroatoms. The number of benzene rings is 1. The molecular weight excluding hydrogens is 256 g/mol. The van der Waals surface area contributed by atoms with Crippen LogP contribution in [0.1, 0.15) is 10.4 Å². The Morgan fingerprint density at radius 2 is 1.84 bits per heavy atom. The number of nitrogens with zero attached hydrogens (tertiary/aromatic N) is 1. The van der Waals surface area contributed by atoms with Crippen molar-refractivity contribution >= 4 is 5.91 Å². The minimum atomic E-state index is -2.78. The third-order valence-corrected chi connectivity index (χ3v) is 3.30. The van der Waals surface area contributed by atoms with Gasteiger partial charge < -0.3 is 15.1 Å². The van der Waals surface area contributed by atoms with E-state index in [4.69, 9.17) is 0 Å². The average Bonchev–Trinajstić information content (AvgIpc) is 2.41. The SMILES string of the molecule is O=C(c1ccccc1)N1CC(C(F)F)[C@@H](O)[C@H](O)C1. The van der Waals surface area contributed by atoms with Crippen LogP contribution in [0.3, 0.4) is 0 Å². The minimum Gasteiger partial charge on any atom is -0.390 e. The molecule has 4 nitrogen and oxygen atoms in total. The van der Waals surface area contributed by atoms with Crippen LogP contribution in [-0.2, 0) is 0 Å². The number of hydrogen-bond acceptors (Lipinski definition) is 3. The molecule has 1 aliphatic heterocycles. The van der Waals surface area contributed by atoms with E-state index in [9.17, 15) is 23.8 Å². The van der Waals surface area contributed by atoms with Gasteiger partial charge in [-0.15, -0.1) is 0 Å². The summed E-state index contributed by atoms with van der Waals surface area (Å²) in [6.07, 6.45) is -5.63. The highest BCUT2D eigenvalue weighted by Gasteiger charge is 2.41. The number of carbonyl (C=O) groups is 1. The molecule has 104 valence electrons. The van der Waals surface area contributed by atoms with E-state index < -0.39 is 30.5 Å². The van der Waals surface area contributed by atoms with Gasteiger partial charge in [0.15, 0.2) is 0 Å². The molecule has 0 aromatic heterocycles. The fourth-order valence-electron chi connectivity index (χ4n) is 2.21. The summed E-state index contributed by atoms with van der Waals surface area (Å²) >= 11 is 0. The smallest absolute Gasteiger partial charge is 0.253 e. The monoisotopic (exact) mass is 271 g/mol. The van der Waals surface area contributed by atoms with Crippen LogP contribution in [-0.4, -0.2) is 52.7 Å². The highest BCUT2D eigenvalue weighted by molar-refractivity contribution is 5.94. The molecule has 1 heterocycles. The van der Waals surface area contributed by atoms with Gasteiger partial charge in [-0.3, -0.25) is 4.79 Å². The number of likely N-dealkylation sites (tertiary alicyclic amines) is 1. The van der Waals surface area contributed by atoms with Crippen molar-refractivity contribution in [1.82, 2.24) is 4.90 Å². The second kappa shape index (κ2) is 5.63. The standard InChI is InChI=1S/C13H15F2NO3/c14-12(15)9-6-16(7-10(17)11(9)18)13(19)8-4-2-1-3-5-8/h1-5,9-12,17-18H,6-7H2/t9?,10-,11-/m1/s1. The first kappa shape index (κ1) is 13.9. The van der Waals surface area contributed by atoms with Crippen LogP contribution in [0.25, 0.3) is 0 Å². The molecule has 1 fully saturated rings. The van der Waals surface area contributed by atoms with Crippen molar-refractivity contribution in [1.29, 1.82) is 0 Å². The first-order valence-electron chi connectivity index (χ1n) is 5.99. The summed E-state index contributed by atoms with van der Waals surface area (Å²) in [4.78, 5) is 13.3. The molecule has 0 aliphatic carbocycles. The molecule has 0 radical (unpaired) electrons. The van der Waals surface area contributed by atoms with E-state index in [2.05, 4.69) is 0 Å². The number of rotatable bonds is 2. The predicted molar refractivity (Wildman–Crippen MR) is 63.9 cm³/mol. The third kappa shape index (κ3) is 2.90. The molecule has 19 heavy (non-hydrogen) atoms. The van der Waals surface area contributed by atoms with Crippen LogP contribution < -0.4 is 0 Å². The number of halogens is 2. The van der Waals surface area contributed by atoms with Crippen LogP contribution in [0.15, 0.2) is 30.3 Å². The van der Waals surface area contributed by atoms with Gasteiger partial charge in [0, 0.05) is 18.7 Å². The summed E-state index contributed by atoms with van der Waals surface area (Å²) in [5.41, 5.74) is 0.374. The molecule has 1 unspecified atom stereocenters. The Labute approximate surface area is 109 Å². The number of alkyl halides is 2. The van der Waals surface area contributed by atoms with Gasteiger partial charge in [-0.1, -0.05) is 18.2 Å². The highest BCUT2D eigenvalue weighted by atomic mass is 19.3. The largest absolute Gasteiger partial charge is 0.390 e. The van der Waals surface area contributed by atoms with Crippen molar-refractivity contribution in [2.24, 2.45) is 5.92 Å². The molecule has 1 aromatic rings. The summed E-state index contributed by atoms with van der Waals surface area (Å²) < 4.78 is 25.5. The van der Waals surface area contributed by atoms with Gasteiger partial charge in [0.2, 0.25) is 6.43 Å². The fraction of sp³-hybridized carbons (Fsp3) is 0.462. The summed E-state index contributed by atoms with van der Waals surface area (Å²) in [7, 11) is 0. The maximum atomic E-state index is 12.8. The van der Waals surface area contributed by atoms with E-state index in [-0.39, 0.29) is 13.1 Å². The van der Waals surface area contributed by atoms with Gasteiger partial charge in [0.05, 0.1) is 18.1 Å². The number of piperidine rings is 1. The molecule has 1 aromatic carbocycles. The molecule has 0 bridgehead atoms. The topological polar surface area (TPSA) is 60.8 Å². The quantitative estimate of drug-likeness (QED) is 0.834. The number of aliphatic hydroxyl groups excluding tert-OH is 2. The number of β-amino-alcohol motifs (C(OH)–C–C–N with tert-alkyl or cyclic N) is 1. The van der Waals surface area contributed by atoms with Crippen molar-refractivity contribution in [2.75, 3.05) is 13.1 Å². The Balaban J connectivity index is 2.15. The van der Waals surface area contributed by atoms with Crippen LogP contribution in [0.5, 0.6) is 0 Å². The second-order valence-corrected chi connectivity index (χ2v) is 4.63. The first-order valence-corrected chi connectivity index (χ1v) is 5.99. The average molecular weight is 271 g/mol. The zero-order chi connectivity index (χ0) is 14.0. The van der Waals surface area contributed by atoms with E-state index in [1.165, 1.54) is 0 Å². The second-order valence-electron chi connectivity index (χ2n) is 4.63. The van der Waals surface area contributed by atoms with Crippen LogP contribution in [0.4, 0.5) is 8.78 Å². The zero-order valence-electron chi connectivity index (χ0n) is 10.1. The van der Waals surface area contributed by atoms with E-state index in [1.54, 1.807) is 30.3 Å². The maximum Gasteiger partial charge on any atom is 0.253 e. The van der Waals surface area contributed by atoms with E-state index in [0.717, 1.165) is 4.90 Å². The molecule has 1 amide bonds. The van der Waals surface area contributed by atoms with E-state index in [1.807, 2.05) is 0 Å².